The van der Waals surface area contributed by atoms with Crippen molar-refractivity contribution in [1.29, 1.82) is 0 Å². The molecule has 0 N–H and O–H groups in total. The largest absolute Gasteiger partial charge is 0.294 e. The Morgan fingerprint density at radius 3 is 2.62 bits per heavy atom. The van der Waals surface area contributed by atoms with E-state index in [2.05, 4.69) is 26.8 Å². The zero-order valence-electron chi connectivity index (χ0n) is 10.8. The summed E-state index contributed by atoms with van der Waals surface area (Å²) in [4.78, 5) is 12.1. The fourth-order valence-corrected chi connectivity index (χ4v) is 2.07. The van der Waals surface area contributed by atoms with Crippen molar-refractivity contribution in [3.8, 4) is 0 Å². The highest BCUT2D eigenvalue weighted by Gasteiger charge is 2.13. The van der Waals surface area contributed by atoms with Crippen molar-refractivity contribution in [2.45, 2.75) is 47.0 Å². The molecule has 0 amide bonds. The van der Waals surface area contributed by atoms with Gasteiger partial charge in [-0.3, -0.25) is 4.79 Å². The number of aryl methyl sites for hydroxylation is 1. The summed E-state index contributed by atoms with van der Waals surface area (Å²) in [6.07, 6.45) is 2.97. The van der Waals surface area contributed by atoms with Gasteiger partial charge in [-0.25, -0.2) is 0 Å². The van der Waals surface area contributed by atoms with Gasteiger partial charge in [0.2, 0.25) is 0 Å². The third-order valence-corrected chi connectivity index (χ3v) is 3.22. The average Bonchev–Trinajstić information content (AvgIpc) is 2.22. The number of carbonyl (C=O) groups excluding carboxylic acids is 1. The number of rotatable bonds is 5. The fraction of sp³-hybridized carbons (Fsp3) is 0.533. The Kier molecular flexibility index (Phi) is 4.72. The molecule has 0 saturated heterocycles. The Balaban J connectivity index is 2.77. The lowest BCUT2D eigenvalue weighted by Gasteiger charge is -2.11. The molecule has 0 aliphatic rings. The Labute approximate surface area is 98.9 Å². The van der Waals surface area contributed by atoms with E-state index in [0.29, 0.717) is 18.1 Å². The van der Waals surface area contributed by atoms with Gasteiger partial charge in [0.15, 0.2) is 5.78 Å². The highest BCUT2D eigenvalue weighted by Crippen LogP contribution is 2.18. The van der Waals surface area contributed by atoms with Crippen LogP contribution >= 0.6 is 0 Å². The molecule has 1 aromatic rings. The number of hydrogen-bond donors (Lipinski definition) is 0. The number of ketones is 1. The first-order valence-corrected chi connectivity index (χ1v) is 6.15. The molecule has 1 nitrogen and oxygen atoms in total. The van der Waals surface area contributed by atoms with Crippen LogP contribution in [0.25, 0.3) is 0 Å². The van der Waals surface area contributed by atoms with Gasteiger partial charge in [0.05, 0.1) is 0 Å². The summed E-state index contributed by atoms with van der Waals surface area (Å²) in [7, 11) is 0. The number of hydrogen-bond acceptors (Lipinski definition) is 1. The van der Waals surface area contributed by atoms with E-state index in [1.807, 2.05) is 19.1 Å². The topological polar surface area (TPSA) is 17.1 Å². The van der Waals surface area contributed by atoms with Crippen LogP contribution < -0.4 is 0 Å². The van der Waals surface area contributed by atoms with Crippen LogP contribution in [0.3, 0.4) is 0 Å². The summed E-state index contributed by atoms with van der Waals surface area (Å²) in [5.41, 5.74) is 3.24. The first-order valence-electron chi connectivity index (χ1n) is 6.15. The minimum atomic E-state index is 0.294. The maximum Gasteiger partial charge on any atom is 0.163 e. The molecular weight excluding hydrogens is 196 g/mol. The van der Waals surface area contributed by atoms with Crippen molar-refractivity contribution in [1.82, 2.24) is 0 Å². The predicted octanol–water partition coefficient (Wildman–Crippen LogP) is 4.31. The number of carbonyl (C=O) groups is 1. The van der Waals surface area contributed by atoms with Crippen molar-refractivity contribution in [3.05, 3.63) is 34.9 Å². The molecular formula is C15H22O. The van der Waals surface area contributed by atoms with E-state index >= 15 is 0 Å². The van der Waals surface area contributed by atoms with E-state index in [4.69, 9.17) is 0 Å². The molecule has 0 aromatic heterocycles. The Morgan fingerprint density at radius 2 is 2.00 bits per heavy atom. The molecule has 0 aliphatic heterocycles. The molecule has 0 fully saturated rings. The van der Waals surface area contributed by atoms with Gasteiger partial charge in [-0.1, -0.05) is 44.9 Å². The first kappa shape index (κ1) is 13.0. The van der Waals surface area contributed by atoms with E-state index in [-0.39, 0.29) is 0 Å². The van der Waals surface area contributed by atoms with E-state index in [1.54, 1.807) is 0 Å². The molecule has 1 aromatic carbocycles. The van der Waals surface area contributed by atoms with Gasteiger partial charge in [0, 0.05) is 12.0 Å². The maximum absolute atomic E-state index is 12.1. The average molecular weight is 218 g/mol. The third-order valence-electron chi connectivity index (χ3n) is 3.22. The molecule has 1 heteroatoms. The lowest BCUT2D eigenvalue weighted by atomic mass is 9.93. The summed E-state index contributed by atoms with van der Waals surface area (Å²) in [6.45, 7) is 8.42. The zero-order valence-corrected chi connectivity index (χ0v) is 10.8. The zero-order chi connectivity index (χ0) is 12.1. The second kappa shape index (κ2) is 5.83. The molecule has 0 bridgehead atoms. The summed E-state index contributed by atoms with van der Waals surface area (Å²) < 4.78 is 0. The van der Waals surface area contributed by atoms with Crippen molar-refractivity contribution in [2.75, 3.05) is 0 Å². The maximum atomic E-state index is 12.1. The van der Waals surface area contributed by atoms with Crippen molar-refractivity contribution >= 4 is 5.78 Å². The van der Waals surface area contributed by atoms with E-state index in [0.717, 1.165) is 24.0 Å². The molecule has 1 rings (SSSR count). The van der Waals surface area contributed by atoms with Gasteiger partial charge in [-0.15, -0.1) is 0 Å². The van der Waals surface area contributed by atoms with Crippen LogP contribution in [0.2, 0.25) is 0 Å². The summed E-state index contributed by atoms with van der Waals surface area (Å²) >= 11 is 0. The Bertz CT molecular complexity index is 366. The van der Waals surface area contributed by atoms with Gasteiger partial charge in [0.25, 0.3) is 0 Å². The van der Waals surface area contributed by atoms with Crippen LogP contribution in [-0.2, 0) is 0 Å². The third kappa shape index (κ3) is 3.19. The number of Topliss-reactive ketones (excluding diaryl/α,β-unsaturated/α-hetero) is 1. The molecule has 1 atom stereocenters. The molecule has 0 spiro atoms. The normalized spacial score (nSPS) is 12.5. The number of benzene rings is 1. The minimum Gasteiger partial charge on any atom is -0.294 e. The van der Waals surface area contributed by atoms with Gasteiger partial charge in [-0.05, 0) is 30.9 Å². The summed E-state index contributed by atoms with van der Waals surface area (Å²) in [5, 5.41) is 0. The van der Waals surface area contributed by atoms with Crippen LogP contribution in [0.1, 0.15) is 54.6 Å². The van der Waals surface area contributed by atoms with E-state index < -0.39 is 0 Å². The van der Waals surface area contributed by atoms with Crippen LogP contribution in [0, 0.1) is 19.8 Å². The van der Waals surface area contributed by atoms with Crippen LogP contribution in [0.5, 0.6) is 0 Å². The molecule has 1 unspecified atom stereocenters. The quantitative estimate of drug-likeness (QED) is 0.673. The fourth-order valence-electron chi connectivity index (χ4n) is 2.07. The molecule has 0 aliphatic carbocycles. The standard InChI is InChI=1S/C15H22O/c1-5-7-11(2)10-15(16)14-9-6-8-12(3)13(14)4/h6,8-9,11H,5,7,10H2,1-4H3. The molecule has 0 radical (unpaired) electrons. The predicted molar refractivity (Wildman–Crippen MR) is 68.9 cm³/mol. The monoisotopic (exact) mass is 218 g/mol. The molecule has 88 valence electrons. The van der Waals surface area contributed by atoms with Crippen LogP contribution in [0.4, 0.5) is 0 Å². The smallest absolute Gasteiger partial charge is 0.163 e. The van der Waals surface area contributed by atoms with Gasteiger partial charge in [-0.2, -0.15) is 0 Å². The van der Waals surface area contributed by atoms with Crippen molar-refractivity contribution < 1.29 is 4.79 Å². The van der Waals surface area contributed by atoms with Crippen molar-refractivity contribution in [2.24, 2.45) is 5.92 Å². The van der Waals surface area contributed by atoms with E-state index in [9.17, 15) is 4.79 Å². The van der Waals surface area contributed by atoms with Crippen molar-refractivity contribution in [3.63, 3.8) is 0 Å². The SMILES string of the molecule is CCCC(C)CC(=O)c1cccc(C)c1C. The highest BCUT2D eigenvalue weighted by atomic mass is 16.1. The second-order valence-electron chi connectivity index (χ2n) is 4.77. The second-order valence-corrected chi connectivity index (χ2v) is 4.77. The molecule has 16 heavy (non-hydrogen) atoms. The Morgan fingerprint density at radius 1 is 1.31 bits per heavy atom. The lowest BCUT2D eigenvalue weighted by molar-refractivity contribution is 0.0962. The minimum absolute atomic E-state index is 0.294. The van der Waals surface area contributed by atoms with Gasteiger partial charge in [0.1, 0.15) is 0 Å². The van der Waals surface area contributed by atoms with E-state index in [1.165, 1.54) is 5.56 Å². The summed E-state index contributed by atoms with van der Waals surface area (Å²) in [5.74, 6) is 0.791. The highest BCUT2D eigenvalue weighted by molar-refractivity contribution is 5.97. The summed E-state index contributed by atoms with van der Waals surface area (Å²) in [6, 6.07) is 5.98. The first-order chi connectivity index (χ1) is 7.56. The van der Waals surface area contributed by atoms with Crippen LogP contribution in [-0.4, -0.2) is 5.78 Å². The lowest BCUT2D eigenvalue weighted by Crippen LogP contribution is -2.08. The van der Waals surface area contributed by atoms with Gasteiger partial charge >= 0.3 is 0 Å². The Hall–Kier alpha value is -1.11. The molecule has 0 saturated carbocycles. The van der Waals surface area contributed by atoms with Gasteiger partial charge < -0.3 is 0 Å². The molecule has 0 heterocycles. The van der Waals surface area contributed by atoms with Crippen LogP contribution in [0.15, 0.2) is 18.2 Å².